The Morgan fingerprint density at radius 2 is 2.45 bits per heavy atom. The largest absolute Gasteiger partial charge is 0.481 e. The third-order valence-corrected chi connectivity index (χ3v) is 2.37. The minimum absolute atomic E-state index is 0.350. The number of carbonyl (C=O) groups is 1. The molecule has 0 aromatic rings. The van der Waals surface area contributed by atoms with E-state index in [2.05, 4.69) is 0 Å². The average Bonchev–Trinajstić information content (AvgIpc) is 1.95. The predicted octanol–water partition coefficient (Wildman–Crippen LogP) is -0.175. The van der Waals surface area contributed by atoms with E-state index in [0.717, 1.165) is 0 Å². The van der Waals surface area contributed by atoms with Crippen molar-refractivity contribution in [1.29, 1.82) is 0 Å². The van der Waals surface area contributed by atoms with Crippen molar-refractivity contribution >= 4 is 5.97 Å². The molecule has 3 N–H and O–H groups in total. The van der Waals surface area contributed by atoms with Crippen LogP contribution in [0.5, 0.6) is 0 Å². The normalized spacial score (nSPS) is 38.5. The number of carboxylic acid groups (broad SMARTS) is 1. The quantitative estimate of drug-likeness (QED) is 0.557. The first-order valence-electron chi connectivity index (χ1n) is 3.64. The van der Waals surface area contributed by atoms with Gasteiger partial charge in [0.25, 0.3) is 0 Å². The van der Waals surface area contributed by atoms with Crippen LogP contribution in [0, 0.1) is 5.41 Å². The maximum absolute atomic E-state index is 10.8. The van der Waals surface area contributed by atoms with Crippen molar-refractivity contribution in [2.24, 2.45) is 11.1 Å². The molecule has 0 aromatic heterocycles. The molecule has 1 fully saturated rings. The highest BCUT2D eigenvalue weighted by molar-refractivity contribution is 5.75. The molecule has 1 heterocycles. The second-order valence-electron chi connectivity index (χ2n) is 3.15. The van der Waals surface area contributed by atoms with Crippen LogP contribution in [0.15, 0.2) is 0 Å². The number of rotatable bonds is 1. The van der Waals surface area contributed by atoms with Crippen molar-refractivity contribution in [2.75, 3.05) is 13.2 Å². The summed E-state index contributed by atoms with van der Waals surface area (Å²) in [6.45, 7) is 2.52. The van der Waals surface area contributed by atoms with Crippen molar-refractivity contribution < 1.29 is 14.6 Å². The summed E-state index contributed by atoms with van der Waals surface area (Å²) in [6.07, 6.45) is 0.503. The van der Waals surface area contributed by atoms with E-state index in [-0.39, 0.29) is 6.04 Å². The second kappa shape index (κ2) is 2.79. The van der Waals surface area contributed by atoms with Crippen molar-refractivity contribution in [3.05, 3.63) is 0 Å². The van der Waals surface area contributed by atoms with Crippen molar-refractivity contribution in [2.45, 2.75) is 19.4 Å². The van der Waals surface area contributed by atoms with E-state index >= 15 is 0 Å². The number of carboxylic acids is 1. The molecule has 1 rings (SSSR count). The van der Waals surface area contributed by atoms with E-state index in [1.165, 1.54) is 0 Å². The van der Waals surface area contributed by atoms with Crippen LogP contribution in [0.3, 0.4) is 0 Å². The Morgan fingerprint density at radius 1 is 1.82 bits per heavy atom. The molecule has 2 unspecified atom stereocenters. The molecule has 0 radical (unpaired) electrons. The van der Waals surface area contributed by atoms with Gasteiger partial charge in [0.15, 0.2) is 0 Å². The summed E-state index contributed by atoms with van der Waals surface area (Å²) >= 11 is 0. The minimum atomic E-state index is -0.826. The Balaban J connectivity index is 2.72. The molecular weight excluding hydrogens is 146 g/mol. The van der Waals surface area contributed by atoms with Crippen LogP contribution < -0.4 is 5.73 Å². The van der Waals surface area contributed by atoms with Gasteiger partial charge in [0.05, 0.1) is 12.0 Å². The van der Waals surface area contributed by atoms with Gasteiger partial charge in [-0.15, -0.1) is 0 Å². The van der Waals surface area contributed by atoms with Crippen LogP contribution in [0.2, 0.25) is 0 Å². The zero-order chi connectivity index (χ0) is 8.48. The summed E-state index contributed by atoms with van der Waals surface area (Å²) in [6, 6.07) is -0.381. The third-order valence-electron chi connectivity index (χ3n) is 2.37. The van der Waals surface area contributed by atoms with Crippen molar-refractivity contribution in [1.82, 2.24) is 0 Å². The molecule has 1 aliphatic rings. The molecule has 11 heavy (non-hydrogen) atoms. The molecule has 4 heteroatoms. The molecule has 4 nitrogen and oxygen atoms in total. The highest BCUT2D eigenvalue weighted by atomic mass is 16.5. The number of nitrogens with two attached hydrogens (primary N) is 1. The molecule has 2 atom stereocenters. The van der Waals surface area contributed by atoms with Crippen LogP contribution in [0.4, 0.5) is 0 Å². The number of hydrogen-bond donors (Lipinski definition) is 2. The molecular formula is C7H13NO3. The summed E-state index contributed by atoms with van der Waals surface area (Å²) in [7, 11) is 0. The minimum Gasteiger partial charge on any atom is -0.481 e. The first-order chi connectivity index (χ1) is 5.07. The Morgan fingerprint density at radius 3 is 2.82 bits per heavy atom. The van der Waals surface area contributed by atoms with Gasteiger partial charge in [-0.1, -0.05) is 0 Å². The van der Waals surface area contributed by atoms with Crippen LogP contribution in [0.1, 0.15) is 13.3 Å². The van der Waals surface area contributed by atoms with E-state index < -0.39 is 11.4 Å². The van der Waals surface area contributed by atoms with Gasteiger partial charge in [0.2, 0.25) is 0 Å². The molecule has 0 spiro atoms. The van der Waals surface area contributed by atoms with E-state index in [0.29, 0.717) is 19.6 Å². The lowest BCUT2D eigenvalue weighted by Crippen LogP contribution is -2.51. The van der Waals surface area contributed by atoms with Gasteiger partial charge >= 0.3 is 5.97 Å². The van der Waals surface area contributed by atoms with Crippen LogP contribution in [-0.4, -0.2) is 30.3 Å². The van der Waals surface area contributed by atoms with Crippen LogP contribution in [-0.2, 0) is 9.53 Å². The van der Waals surface area contributed by atoms with E-state index in [1.807, 2.05) is 0 Å². The summed E-state index contributed by atoms with van der Waals surface area (Å²) in [5.41, 5.74) is 4.81. The van der Waals surface area contributed by atoms with Gasteiger partial charge in [-0.25, -0.2) is 0 Å². The monoisotopic (exact) mass is 159 g/mol. The molecule has 0 aliphatic carbocycles. The van der Waals surface area contributed by atoms with Gasteiger partial charge in [0, 0.05) is 12.6 Å². The zero-order valence-electron chi connectivity index (χ0n) is 6.54. The summed E-state index contributed by atoms with van der Waals surface area (Å²) in [5, 5.41) is 8.83. The summed E-state index contributed by atoms with van der Waals surface area (Å²) in [4.78, 5) is 10.8. The number of ether oxygens (including phenoxy) is 1. The molecule has 0 aromatic carbocycles. The van der Waals surface area contributed by atoms with Gasteiger partial charge in [-0.05, 0) is 13.3 Å². The fourth-order valence-electron chi connectivity index (χ4n) is 1.13. The van der Waals surface area contributed by atoms with Crippen molar-refractivity contribution in [3.8, 4) is 0 Å². The van der Waals surface area contributed by atoms with E-state index in [4.69, 9.17) is 15.6 Å². The lowest BCUT2D eigenvalue weighted by atomic mass is 9.79. The van der Waals surface area contributed by atoms with E-state index in [1.54, 1.807) is 6.92 Å². The fourth-order valence-corrected chi connectivity index (χ4v) is 1.13. The molecule has 1 aliphatic heterocycles. The first-order valence-corrected chi connectivity index (χ1v) is 3.64. The SMILES string of the molecule is CC1(C(=O)O)CCOCC1N. The van der Waals surface area contributed by atoms with Crippen molar-refractivity contribution in [3.63, 3.8) is 0 Å². The molecule has 64 valence electrons. The van der Waals surface area contributed by atoms with Crippen LogP contribution >= 0.6 is 0 Å². The predicted molar refractivity (Wildman–Crippen MR) is 39.2 cm³/mol. The number of hydrogen-bond acceptors (Lipinski definition) is 3. The maximum atomic E-state index is 10.8. The maximum Gasteiger partial charge on any atom is 0.311 e. The smallest absolute Gasteiger partial charge is 0.311 e. The third kappa shape index (κ3) is 1.36. The lowest BCUT2D eigenvalue weighted by molar-refractivity contribution is -0.154. The lowest BCUT2D eigenvalue weighted by Gasteiger charge is -2.35. The summed E-state index contributed by atoms with van der Waals surface area (Å²) in [5.74, 6) is -0.826. The molecule has 0 amide bonds. The Bertz CT molecular complexity index is 171. The Hall–Kier alpha value is -0.610. The number of aliphatic carboxylic acids is 1. The second-order valence-corrected chi connectivity index (χ2v) is 3.15. The van der Waals surface area contributed by atoms with Crippen LogP contribution in [0.25, 0.3) is 0 Å². The van der Waals surface area contributed by atoms with Gasteiger partial charge in [0.1, 0.15) is 0 Å². The zero-order valence-corrected chi connectivity index (χ0v) is 6.54. The average molecular weight is 159 g/mol. The van der Waals surface area contributed by atoms with Gasteiger partial charge in [-0.2, -0.15) is 0 Å². The Kier molecular flexibility index (Phi) is 2.15. The molecule has 0 saturated carbocycles. The molecule has 1 saturated heterocycles. The molecule has 0 bridgehead atoms. The fraction of sp³-hybridized carbons (Fsp3) is 0.857. The topological polar surface area (TPSA) is 72.5 Å². The highest BCUT2D eigenvalue weighted by Crippen LogP contribution is 2.28. The Labute approximate surface area is 65.3 Å². The standard InChI is InChI=1S/C7H13NO3/c1-7(6(9)10)2-3-11-4-5(7)8/h5H,2-4,8H2,1H3,(H,9,10). The first kappa shape index (κ1) is 8.49. The van der Waals surface area contributed by atoms with Gasteiger partial charge in [-0.3, -0.25) is 4.79 Å². The summed E-state index contributed by atoms with van der Waals surface area (Å²) < 4.78 is 5.04. The highest BCUT2D eigenvalue weighted by Gasteiger charge is 2.41. The van der Waals surface area contributed by atoms with Gasteiger partial charge < -0.3 is 15.6 Å². The van der Waals surface area contributed by atoms with E-state index in [9.17, 15) is 4.79 Å².